The molecular formula is C18H28N2O2. The third-order valence-electron chi connectivity index (χ3n) is 4.46. The second kappa shape index (κ2) is 7.75. The van der Waals surface area contributed by atoms with Crippen molar-refractivity contribution in [2.24, 2.45) is 5.73 Å². The van der Waals surface area contributed by atoms with Gasteiger partial charge in [0.1, 0.15) is 5.60 Å². The summed E-state index contributed by atoms with van der Waals surface area (Å²) in [6.07, 6.45) is 3.74. The number of ether oxygens (including phenoxy) is 1. The van der Waals surface area contributed by atoms with Gasteiger partial charge in [0.25, 0.3) is 0 Å². The number of carbonyl (C=O) groups excluding carboxylic acids is 1. The van der Waals surface area contributed by atoms with Crippen molar-refractivity contribution in [1.82, 2.24) is 4.90 Å². The van der Waals surface area contributed by atoms with Gasteiger partial charge in [0.15, 0.2) is 0 Å². The molecular weight excluding hydrogens is 276 g/mol. The van der Waals surface area contributed by atoms with E-state index in [-0.39, 0.29) is 17.6 Å². The van der Waals surface area contributed by atoms with Crippen LogP contribution < -0.4 is 5.73 Å². The first-order valence-corrected chi connectivity index (χ1v) is 8.18. The molecule has 22 heavy (non-hydrogen) atoms. The zero-order valence-electron chi connectivity index (χ0n) is 13.8. The number of carbonyl (C=O) groups is 1. The van der Waals surface area contributed by atoms with Gasteiger partial charge in [0.2, 0.25) is 0 Å². The molecule has 0 spiro atoms. The van der Waals surface area contributed by atoms with E-state index in [1.807, 2.05) is 13.0 Å². The van der Waals surface area contributed by atoms with Crippen LogP contribution in [0.25, 0.3) is 0 Å². The summed E-state index contributed by atoms with van der Waals surface area (Å²) in [7, 11) is 0. The molecule has 1 aliphatic rings. The van der Waals surface area contributed by atoms with Crippen molar-refractivity contribution in [2.75, 3.05) is 19.6 Å². The Bertz CT molecular complexity index is 467. The minimum Gasteiger partial charge on any atom is -0.459 e. The molecule has 0 aliphatic carbocycles. The molecule has 1 aromatic carbocycles. The highest BCUT2D eigenvalue weighted by atomic mass is 16.6. The average Bonchev–Trinajstić information content (AvgIpc) is 2.47. The molecule has 1 aliphatic heterocycles. The van der Waals surface area contributed by atoms with Crippen LogP contribution in [-0.2, 0) is 16.0 Å². The van der Waals surface area contributed by atoms with E-state index in [9.17, 15) is 4.79 Å². The fourth-order valence-corrected chi connectivity index (χ4v) is 3.07. The Morgan fingerprint density at radius 1 is 1.32 bits per heavy atom. The van der Waals surface area contributed by atoms with E-state index < -0.39 is 0 Å². The molecule has 0 bridgehead atoms. The van der Waals surface area contributed by atoms with Crippen molar-refractivity contribution in [2.45, 2.75) is 51.2 Å². The quantitative estimate of drug-likeness (QED) is 0.820. The Kier molecular flexibility index (Phi) is 5.98. The predicted octanol–water partition coefficient (Wildman–Crippen LogP) is 2.36. The van der Waals surface area contributed by atoms with Crippen LogP contribution in [0.3, 0.4) is 0 Å². The van der Waals surface area contributed by atoms with E-state index in [0.29, 0.717) is 0 Å². The Labute approximate surface area is 133 Å². The van der Waals surface area contributed by atoms with Crippen LogP contribution in [0.4, 0.5) is 0 Å². The molecule has 1 atom stereocenters. The summed E-state index contributed by atoms with van der Waals surface area (Å²) in [5.41, 5.74) is 7.26. The number of nitrogens with two attached hydrogens (primary N) is 1. The number of nitrogens with zero attached hydrogens (tertiary/aromatic N) is 1. The molecule has 1 saturated heterocycles. The molecule has 0 radical (unpaired) electrons. The van der Waals surface area contributed by atoms with Crippen molar-refractivity contribution in [3.05, 3.63) is 35.9 Å². The van der Waals surface area contributed by atoms with Crippen LogP contribution in [0.5, 0.6) is 0 Å². The van der Waals surface area contributed by atoms with Crippen molar-refractivity contribution in [1.29, 1.82) is 0 Å². The predicted molar refractivity (Wildman–Crippen MR) is 88.6 cm³/mol. The lowest BCUT2D eigenvalue weighted by Gasteiger charge is -2.38. The van der Waals surface area contributed by atoms with Gasteiger partial charge in [0, 0.05) is 26.1 Å². The van der Waals surface area contributed by atoms with Crippen molar-refractivity contribution in [3.8, 4) is 0 Å². The van der Waals surface area contributed by atoms with Gasteiger partial charge in [-0.1, -0.05) is 30.3 Å². The number of benzene rings is 1. The van der Waals surface area contributed by atoms with Crippen LogP contribution >= 0.6 is 0 Å². The Morgan fingerprint density at radius 2 is 1.95 bits per heavy atom. The van der Waals surface area contributed by atoms with Crippen LogP contribution in [0.1, 0.15) is 38.7 Å². The first-order valence-electron chi connectivity index (χ1n) is 8.18. The maximum atomic E-state index is 11.1. The van der Waals surface area contributed by atoms with Gasteiger partial charge in [-0.05, 0) is 44.7 Å². The fraction of sp³-hybridized carbons (Fsp3) is 0.611. The van der Waals surface area contributed by atoms with E-state index >= 15 is 0 Å². The Hall–Kier alpha value is -1.39. The first kappa shape index (κ1) is 17.0. The van der Waals surface area contributed by atoms with Crippen LogP contribution in [0.15, 0.2) is 30.3 Å². The topological polar surface area (TPSA) is 55.6 Å². The van der Waals surface area contributed by atoms with Gasteiger partial charge in [-0.2, -0.15) is 0 Å². The highest BCUT2D eigenvalue weighted by Gasteiger charge is 2.32. The van der Waals surface area contributed by atoms with Crippen molar-refractivity contribution < 1.29 is 9.53 Å². The summed E-state index contributed by atoms with van der Waals surface area (Å²) in [5.74, 6) is -0.180. The maximum Gasteiger partial charge on any atom is 0.303 e. The Balaban J connectivity index is 1.69. The summed E-state index contributed by atoms with van der Waals surface area (Å²) >= 11 is 0. The van der Waals surface area contributed by atoms with E-state index in [4.69, 9.17) is 10.5 Å². The normalized spacial score (nSPS) is 19.6. The third-order valence-corrected chi connectivity index (χ3v) is 4.46. The SMILES string of the molecule is CC(=O)OC1(C)CCN(CCC(N)Cc2ccccc2)CC1. The lowest BCUT2D eigenvalue weighted by Crippen LogP contribution is -2.46. The van der Waals surface area contributed by atoms with Crippen LogP contribution in [0, 0.1) is 0 Å². The van der Waals surface area contributed by atoms with Crippen molar-refractivity contribution >= 4 is 5.97 Å². The largest absolute Gasteiger partial charge is 0.459 e. The molecule has 0 aromatic heterocycles. The second-order valence-corrected chi connectivity index (χ2v) is 6.62. The van der Waals surface area contributed by atoms with Gasteiger partial charge >= 0.3 is 5.97 Å². The molecule has 1 fully saturated rings. The number of likely N-dealkylation sites (tertiary alicyclic amines) is 1. The number of hydrogen-bond acceptors (Lipinski definition) is 4. The summed E-state index contributed by atoms with van der Waals surface area (Å²) in [5, 5.41) is 0. The smallest absolute Gasteiger partial charge is 0.303 e. The molecule has 1 aromatic rings. The molecule has 4 nitrogen and oxygen atoms in total. The summed E-state index contributed by atoms with van der Waals surface area (Å²) in [6.45, 7) is 6.49. The number of piperidine rings is 1. The molecule has 0 saturated carbocycles. The minimum atomic E-state index is -0.283. The fourth-order valence-electron chi connectivity index (χ4n) is 3.07. The Morgan fingerprint density at radius 3 is 2.55 bits per heavy atom. The molecule has 1 heterocycles. The molecule has 2 N–H and O–H groups in total. The van der Waals surface area contributed by atoms with Crippen molar-refractivity contribution in [3.63, 3.8) is 0 Å². The number of rotatable bonds is 6. The molecule has 4 heteroatoms. The van der Waals surface area contributed by atoms with Gasteiger partial charge in [0.05, 0.1) is 0 Å². The van der Waals surface area contributed by atoms with E-state index in [1.54, 1.807) is 0 Å². The second-order valence-electron chi connectivity index (χ2n) is 6.62. The van der Waals surface area contributed by atoms with Gasteiger partial charge < -0.3 is 15.4 Å². The summed E-state index contributed by atoms with van der Waals surface area (Å²) in [4.78, 5) is 13.6. The molecule has 1 unspecified atom stereocenters. The summed E-state index contributed by atoms with van der Waals surface area (Å²) < 4.78 is 5.44. The van der Waals surface area contributed by atoms with E-state index in [0.717, 1.165) is 45.3 Å². The van der Waals surface area contributed by atoms with Crippen LogP contribution in [-0.4, -0.2) is 42.1 Å². The lowest BCUT2D eigenvalue weighted by atomic mass is 9.93. The van der Waals surface area contributed by atoms with Crippen LogP contribution in [0.2, 0.25) is 0 Å². The third kappa shape index (κ3) is 5.43. The molecule has 0 amide bonds. The summed E-state index contributed by atoms with van der Waals surface area (Å²) in [6, 6.07) is 10.6. The van der Waals surface area contributed by atoms with E-state index in [2.05, 4.69) is 29.2 Å². The number of esters is 1. The highest BCUT2D eigenvalue weighted by Crippen LogP contribution is 2.26. The zero-order chi connectivity index (χ0) is 16.0. The van der Waals surface area contributed by atoms with Gasteiger partial charge in [-0.15, -0.1) is 0 Å². The zero-order valence-corrected chi connectivity index (χ0v) is 13.8. The number of hydrogen-bond donors (Lipinski definition) is 1. The van der Waals surface area contributed by atoms with Gasteiger partial charge in [-0.3, -0.25) is 4.79 Å². The molecule has 2 rings (SSSR count). The van der Waals surface area contributed by atoms with Gasteiger partial charge in [-0.25, -0.2) is 0 Å². The lowest BCUT2D eigenvalue weighted by molar-refractivity contribution is -0.159. The minimum absolute atomic E-state index is 0.180. The first-order chi connectivity index (χ1) is 10.5. The van der Waals surface area contributed by atoms with E-state index in [1.165, 1.54) is 12.5 Å². The molecule has 122 valence electrons. The maximum absolute atomic E-state index is 11.1. The monoisotopic (exact) mass is 304 g/mol. The highest BCUT2D eigenvalue weighted by molar-refractivity contribution is 5.66. The average molecular weight is 304 g/mol. The standard InChI is InChI=1S/C18H28N2O2/c1-15(21)22-18(2)9-12-20(13-10-18)11-8-17(19)14-16-6-4-3-5-7-16/h3-7,17H,8-14,19H2,1-2H3.